The van der Waals surface area contributed by atoms with Gasteiger partial charge in [-0.2, -0.15) is 5.10 Å². The van der Waals surface area contributed by atoms with Gasteiger partial charge in [-0.25, -0.2) is 0 Å². The molecule has 0 saturated heterocycles. The highest BCUT2D eigenvalue weighted by molar-refractivity contribution is 9.10. The van der Waals surface area contributed by atoms with Gasteiger partial charge in [0, 0.05) is 0 Å². The van der Waals surface area contributed by atoms with E-state index in [0.29, 0.717) is 24.7 Å². The van der Waals surface area contributed by atoms with E-state index >= 15 is 0 Å². The highest BCUT2D eigenvalue weighted by Gasteiger charge is 2.04. The molecule has 0 aromatic heterocycles. The third-order valence-electron chi connectivity index (χ3n) is 4.23. The topological polar surface area (TPSA) is 52.1 Å². The smallest absolute Gasteiger partial charge is 0.161 e. The first-order chi connectivity index (χ1) is 14.2. The zero-order valence-corrected chi connectivity index (χ0v) is 18.0. The first kappa shape index (κ1) is 20.7. The molecule has 0 saturated carbocycles. The van der Waals surface area contributed by atoms with Gasteiger partial charge in [0.25, 0.3) is 0 Å². The van der Waals surface area contributed by atoms with Crippen LogP contribution in [0.15, 0.2) is 76.3 Å². The number of benzene rings is 3. The minimum Gasteiger partial charge on any atom is -0.493 e. The fourth-order valence-corrected chi connectivity index (χ4v) is 3.21. The standard InChI is InChI=1S/C23H23BrN2O3/c1-27-22-11-9-19(13-23(22)28-2)15-26-25-14-18-8-10-21(20(24)12-18)29-16-17-6-4-3-5-7-17/h3-14,26H,15-16H2,1-2H3/b25-14+. The maximum atomic E-state index is 5.87. The van der Waals surface area contributed by atoms with Crippen LogP contribution in [0, 0.1) is 0 Å². The molecule has 0 amide bonds. The Morgan fingerprint density at radius 2 is 1.62 bits per heavy atom. The summed E-state index contributed by atoms with van der Waals surface area (Å²) in [7, 11) is 3.24. The summed E-state index contributed by atoms with van der Waals surface area (Å²) in [5.74, 6) is 2.20. The second-order valence-corrected chi connectivity index (χ2v) is 7.10. The molecule has 29 heavy (non-hydrogen) atoms. The summed E-state index contributed by atoms with van der Waals surface area (Å²) < 4.78 is 17.3. The summed E-state index contributed by atoms with van der Waals surface area (Å²) in [6.45, 7) is 1.11. The van der Waals surface area contributed by atoms with E-state index in [9.17, 15) is 0 Å². The Hall–Kier alpha value is -2.99. The van der Waals surface area contributed by atoms with Crippen LogP contribution in [-0.4, -0.2) is 20.4 Å². The summed E-state index contributed by atoms with van der Waals surface area (Å²) in [5.41, 5.74) is 6.18. The van der Waals surface area contributed by atoms with Crippen LogP contribution in [0.2, 0.25) is 0 Å². The number of hydrogen-bond donors (Lipinski definition) is 1. The Labute approximate surface area is 179 Å². The number of hydrogen-bond acceptors (Lipinski definition) is 5. The van der Waals surface area contributed by atoms with Crippen LogP contribution < -0.4 is 19.6 Å². The summed E-state index contributed by atoms with van der Waals surface area (Å²) >= 11 is 3.56. The molecule has 0 fully saturated rings. The lowest BCUT2D eigenvalue weighted by Gasteiger charge is -2.09. The fourth-order valence-electron chi connectivity index (χ4n) is 2.70. The molecular formula is C23H23BrN2O3. The number of halogens is 1. The van der Waals surface area contributed by atoms with E-state index in [1.54, 1.807) is 20.4 Å². The van der Waals surface area contributed by atoms with E-state index in [1.807, 2.05) is 66.7 Å². The quantitative estimate of drug-likeness (QED) is 0.357. The van der Waals surface area contributed by atoms with Gasteiger partial charge in [-0.15, -0.1) is 0 Å². The third-order valence-corrected chi connectivity index (χ3v) is 4.85. The average Bonchev–Trinajstić information content (AvgIpc) is 2.76. The summed E-state index contributed by atoms with van der Waals surface area (Å²) in [6, 6.07) is 21.7. The molecule has 6 heteroatoms. The second kappa shape index (κ2) is 10.5. The number of nitrogens with one attached hydrogen (secondary N) is 1. The van der Waals surface area contributed by atoms with Crippen molar-refractivity contribution in [1.82, 2.24) is 5.43 Å². The van der Waals surface area contributed by atoms with Gasteiger partial charge in [0.2, 0.25) is 0 Å². The normalized spacial score (nSPS) is 10.7. The van der Waals surface area contributed by atoms with E-state index in [1.165, 1.54) is 0 Å². The SMILES string of the molecule is COc1ccc(CN/N=C/c2ccc(OCc3ccccc3)c(Br)c2)cc1OC. The zero-order chi connectivity index (χ0) is 20.5. The van der Waals surface area contributed by atoms with Gasteiger partial charge in [0.15, 0.2) is 11.5 Å². The maximum absolute atomic E-state index is 5.87. The molecule has 150 valence electrons. The van der Waals surface area contributed by atoms with Gasteiger partial charge in [-0.1, -0.05) is 36.4 Å². The molecule has 0 unspecified atom stereocenters. The molecule has 0 bridgehead atoms. The van der Waals surface area contributed by atoms with Gasteiger partial charge in [-0.05, 0) is 63.0 Å². The molecule has 5 nitrogen and oxygen atoms in total. The van der Waals surface area contributed by atoms with Crippen LogP contribution in [0.25, 0.3) is 0 Å². The predicted molar refractivity (Wildman–Crippen MR) is 119 cm³/mol. The van der Waals surface area contributed by atoms with Crippen molar-refractivity contribution in [1.29, 1.82) is 0 Å². The van der Waals surface area contributed by atoms with Crippen molar-refractivity contribution in [3.63, 3.8) is 0 Å². The van der Waals surface area contributed by atoms with Gasteiger partial charge in [0.05, 0.1) is 31.5 Å². The summed E-state index contributed by atoms with van der Waals surface area (Å²) in [5, 5.41) is 4.29. The largest absolute Gasteiger partial charge is 0.493 e. The summed E-state index contributed by atoms with van der Waals surface area (Å²) in [4.78, 5) is 0. The van der Waals surface area contributed by atoms with E-state index < -0.39 is 0 Å². The maximum Gasteiger partial charge on any atom is 0.161 e. The number of nitrogens with zero attached hydrogens (tertiary/aromatic N) is 1. The second-order valence-electron chi connectivity index (χ2n) is 6.25. The highest BCUT2D eigenvalue weighted by atomic mass is 79.9. The van der Waals surface area contributed by atoms with E-state index in [2.05, 4.69) is 26.5 Å². The van der Waals surface area contributed by atoms with Crippen molar-refractivity contribution in [3.05, 3.63) is 87.9 Å². The van der Waals surface area contributed by atoms with E-state index in [-0.39, 0.29) is 0 Å². The molecular weight excluding hydrogens is 432 g/mol. The van der Waals surface area contributed by atoms with Crippen molar-refractivity contribution >= 4 is 22.1 Å². The number of methoxy groups -OCH3 is 2. The molecule has 0 aliphatic carbocycles. The predicted octanol–water partition coefficient (Wildman–Crippen LogP) is 5.17. The van der Waals surface area contributed by atoms with E-state index in [4.69, 9.17) is 14.2 Å². The van der Waals surface area contributed by atoms with Crippen LogP contribution in [0.5, 0.6) is 17.2 Å². The molecule has 1 N–H and O–H groups in total. The lowest BCUT2D eigenvalue weighted by Crippen LogP contribution is -2.06. The zero-order valence-electron chi connectivity index (χ0n) is 16.4. The summed E-state index contributed by atoms with van der Waals surface area (Å²) in [6.07, 6.45) is 1.77. The Morgan fingerprint density at radius 1 is 0.862 bits per heavy atom. The van der Waals surface area contributed by atoms with Crippen molar-refractivity contribution in [2.75, 3.05) is 14.2 Å². The average molecular weight is 455 g/mol. The van der Waals surface area contributed by atoms with Gasteiger partial charge >= 0.3 is 0 Å². The van der Waals surface area contributed by atoms with Gasteiger partial charge < -0.3 is 19.6 Å². The number of ether oxygens (including phenoxy) is 3. The van der Waals surface area contributed by atoms with E-state index in [0.717, 1.165) is 26.9 Å². The van der Waals surface area contributed by atoms with Gasteiger partial charge in [-0.3, -0.25) is 0 Å². The van der Waals surface area contributed by atoms with Crippen molar-refractivity contribution < 1.29 is 14.2 Å². The Morgan fingerprint density at radius 3 is 2.34 bits per heavy atom. The number of rotatable bonds is 9. The van der Waals surface area contributed by atoms with Crippen LogP contribution in [0.1, 0.15) is 16.7 Å². The lowest BCUT2D eigenvalue weighted by molar-refractivity contribution is 0.304. The van der Waals surface area contributed by atoms with Crippen molar-refractivity contribution in [3.8, 4) is 17.2 Å². The fraction of sp³-hybridized carbons (Fsp3) is 0.174. The van der Waals surface area contributed by atoms with Crippen LogP contribution in [0.3, 0.4) is 0 Å². The molecule has 0 radical (unpaired) electrons. The minimum absolute atomic E-state index is 0.528. The number of hydrazone groups is 1. The molecule has 0 heterocycles. The first-order valence-corrected chi connectivity index (χ1v) is 9.92. The minimum atomic E-state index is 0.528. The van der Waals surface area contributed by atoms with Crippen LogP contribution in [0.4, 0.5) is 0 Å². The Balaban J connectivity index is 1.53. The Bertz CT molecular complexity index is 962. The van der Waals surface area contributed by atoms with Crippen LogP contribution in [-0.2, 0) is 13.2 Å². The molecule has 0 aliphatic rings. The molecule has 0 atom stereocenters. The third kappa shape index (κ3) is 5.99. The van der Waals surface area contributed by atoms with Crippen LogP contribution >= 0.6 is 15.9 Å². The molecule has 3 aromatic carbocycles. The monoisotopic (exact) mass is 454 g/mol. The molecule has 3 aromatic rings. The highest BCUT2D eigenvalue weighted by Crippen LogP contribution is 2.28. The molecule has 0 spiro atoms. The van der Waals surface area contributed by atoms with Crippen molar-refractivity contribution in [2.45, 2.75) is 13.2 Å². The lowest BCUT2D eigenvalue weighted by atomic mass is 10.2. The molecule has 0 aliphatic heterocycles. The molecule has 3 rings (SSSR count). The Kier molecular flexibility index (Phi) is 7.53. The van der Waals surface area contributed by atoms with Crippen molar-refractivity contribution in [2.24, 2.45) is 5.10 Å². The van der Waals surface area contributed by atoms with Gasteiger partial charge in [0.1, 0.15) is 12.4 Å². The first-order valence-electron chi connectivity index (χ1n) is 9.12.